The molecule has 1 aliphatic rings. The van der Waals surface area contributed by atoms with Crippen molar-refractivity contribution >= 4 is 39.4 Å². The van der Waals surface area contributed by atoms with Gasteiger partial charge in [-0.3, -0.25) is 9.67 Å². The number of nitrogens with zero attached hydrogens (tertiary/aromatic N) is 5. The Bertz CT molecular complexity index is 1760. The van der Waals surface area contributed by atoms with E-state index in [9.17, 15) is 4.79 Å². The molecule has 1 amide bonds. The summed E-state index contributed by atoms with van der Waals surface area (Å²) in [5.41, 5.74) is 2.55. The van der Waals surface area contributed by atoms with Crippen LogP contribution in [-0.2, 0) is 11.8 Å². The van der Waals surface area contributed by atoms with Crippen LogP contribution in [-0.4, -0.2) is 48.6 Å². The molecular weight excluding hydrogens is 525 g/mol. The first kappa shape index (κ1) is 26.4. The fraction of sp³-hybridized carbons (Fsp3) is 0.300. The van der Waals surface area contributed by atoms with E-state index in [0.29, 0.717) is 33.4 Å². The van der Waals surface area contributed by atoms with Crippen LogP contribution < -0.4 is 15.4 Å². The monoisotopic (exact) mass is 555 g/mol. The Morgan fingerprint density at radius 3 is 2.66 bits per heavy atom. The molecular formula is C30H30FN7O3. The second-order valence-corrected chi connectivity index (χ2v) is 11.1. The minimum Gasteiger partial charge on any atom is -0.487 e. The maximum absolute atomic E-state index is 15.5. The van der Waals surface area contributed by atoms with Crippen LogP contribution in [0.1, 0.15) is 33.6 Å². The van der Waals surface area contributed by atoms with Crippen LogP contribution in [0.4, 0.5) is 20.7 Å². The van der Waals surface area contributed by atoms with Crippen molar-refractivity contribution in [2.75, 3.05) is 5.32 Å². The van der Waals surface area contributed by atoms with Gasteiger partial charge in [0.05, 0.1) is 34.3 Å². The molecule has 0 saturated heterocycles. The lowest BCUT2D eigenvalue weighted by atomic mass is 9.89. The molecule has 3 aromatic heterocycles. The predicted octanol–water partition coefficient (Wildman–Crippen LogP) is 5.90. The van der Waals surface area contributed by atoms with E-state index in [1.54, 1.807) is 41.3 Å². The number of hydrogen-bond acceptors (Lipinski definition) is 8. The molecule has 0 aliphatic heterocycles. The minimum atomic E-state index is -0.607. The summed E-state index contributed by atoms with van der Waals surface area (Å²) in [7, 11) is 1.85. The fourth-order valence-electron chi connectivity index (χ4n) is 4.82. The fourth-order valence-corrected chi connectivity index (χ4v) is 4.82. The number of anilines is 2. The van der Waals surface area contributed by atoms with Gasteiger partial charge in [0.15, 0.2) is 5.82 Å². The highest BCUT2D eigenvalue weighted by molar-refractivity contribution is 5.99. The van der Waals surface area contributed by atoms with E-state index in [4.69, 9.17) is 9.47 Å². The molecule has 11 heteroatoms. The van der Waals surface area contributed by atoms with Crippen molar-refractivity contribution in [2.24, 2.45) is 7.05 Å². The zero-order valence-electron chi connectivity index (χ0n) is 23.2. The van der Waals surface area contributed by atoms with Crippen LogP contribution in [0.25, 0.3) is 32.9 Å². The van der Waals surface area contributed by atoms with Crippen molar-refractivity contribution in [2.45, 2.75) is 51.4 Å². The molecule has 1 fully saturated rings. The predicted molar refractivity (Wildman–Crippen MR) is 154 cm³/mol. The van der Waals surface area contributed by atoms with Crippen molar-refractivity contribution in [3.63, 3.8) is 0 Å². The average molecular weight is 556 g/mol. The molecule has 41 heavy (non-hydrogen) atoms. The summed E-state index contributed by atoms with van der Waals surface area (Å²) < 4.78 is 29.2. The number of amides is 1. The highest BCUT2D eigenvalue weighted by atomic mass is 19.1. The third-order valence-electron chi connectivity index (χ3n) is 6.90. The van der Waals surface area contributed by atoms with Crippen LogP contribution in [0.2, 0.25) is 0 Å². The van der Waals surface area contributed by atoms with Crippen LogP contribution >= 0.6 is 0 Å². The van der Waals surface area contributed by atoms with Crippen molar-refractivity contribution in [1.29, 1.82) is 0 Å². The number of fused-ring (bicyclic) bond motifs is 2. The molecule has 2 atom stereocenters. The number of alkyl carbamates (subject to hydrolysis) is 1. The topological polar surface area (TPSA) is 116 Å². The number of halogens is 1. The van der Waals surface area contributed by atoms with Crippen molar-refractivity contribution in [3.05, 3.63) is 67.1 Å². The molecule has 2 N–H and O–H groups in total. The van der Waals surface area contributed by atoms with E-state index in [1.807, 2.05) is 46.1 Å². The zero-order chi connectivity index (χ0) is 28.7. The maximum Gasteiger partial charge on any atom is 0.408 e. The van der Waals surface area contributed by atoms with Gasteiger partial charge in [0.25, 0.3) is 0 Å². The molecule has 0 unspecified atom stereocenters. The molecule has 0 radical (unpaired) electrons. The standard InChI is InChI=1S/C30H30FN7O3/c1-30(2,3)41-29(39)37-21-9-10-24(21)40-25-13-17(18-14-35-38(4)15-18)12-23-26(25)28(34-16-33-23)36-22-8-7-20-19(27(22)31)6-5-11-32-20/h5-8,11-16,21,24H,9-10H2,1-4H3,(H,37,39)(H,33,34,36)/t21-,24-/m1/s1. The second-order valence-electron chi connectivity index (χ2n) is 11.1. The van der Waals surface area contributed by atoms with Crippen LogP contribution in [0.5, 0.6) is 5.75 Å². The molecule has 0 spiro atoms. The zero-order valence-corrected chi connectivity index (χ0v) is 23.2. The summed E-state index contributed by atoms with van der Waals surface area (Å²) in [6.07, 6.45) is 7.42. The number of carbonyl (C=O) groups excluding carboxylic acids is 1. The Morgan fingerprint density at radius 1 is 1.07 bits per heavy atom. The van der Waals surface area contributed by atoms with Gasteiger partial charge < -0.3 is 20.1 Å². The van der Waals surface area contributed by atoms with E-state index < -0.39 is 17.5 Å². The Balaban J connectivity index is 1.38. The van der Waals surface area contributed by atoms with Crippen molar-refractivity contribution in [1.82, 2.24) is 30.0 Å². The van der Waals surface area contributed by atoms with E-state index >= 15 is 4.39 Å². The first-order chi connectivity index (χ1) is 19.6. The molecule has 6 rings (SSSR count). The highest BCUT2D eigenvalue weighted by Gasteiger charge is 2.36. The first-order valence-corrected chi connectivity index (χ1v) is 13.4. The number of carbonyl (C=O) groups is 1. The molecule has 1 saturated carbocycles. The molecule has 10 nitrogen and oxygen atoms in total. The van der Waals surface area contributed by atoms with Gasteiger partial charge in [0.2, 0.25) is 0 Å². The molecule has 1 aliphatic carbocycles. The SMILES string of the molecule is Cn1cc(-c2cc(O[C@@H]3CC[C@H]3NC(=O)OC(C)(C)C)c3c(Nc4ccc5ncccc5c4F)ncnc3c2)cn1. The number of ether oxygens (including phenoxy) is 2. The van der Waals surface area contributed by atoms with Crippen molar-refractivity contribution < 1.29 is 18.7 Å². The number of benzene rings is 2. The van der Waals surface area contributed by atoms with Gasteiger partial charge in [-0.1, -0.05) is 0 Å². The van der Waals surface area contributed by atoms with Gasteiger partial charge in [-0.05, 0) is 75.6 Å². The van der Waals surface area contributed by atoms with Gasteiger partial charge in [-0.2, -0.15) is 5.10 Å². The summed E-state index contributed by atoms with van der Waals surface area (Å²) in [6, 6.07) is 10.4. The van der Waals surface area contributed by atoms with Gasteiger partial charge in [0.1, 0.15) is 29.6 Å². The summed E-state index contributed by atoms with van der Waals surface area (Å²) in [5.74, 6) is 0.464. The van der Waals surface area contributed by atoms with Gasteiger partial charge in [-0.15, -0.1) is 0 Å². The van der Waals surface area contributed by atoms with Crippen molar-refractivity contribution in [3.8, 4) is 16.9 Å². The van der Waals surface area contributed by atoms with Gasteiger partial charge in [-0.25, -0.2) is 19.2 Å². The quantitative estimate of drug-likeness (QED) is 0.266. The van der Waals surface area contributed by atoms with Crippen LogP contribution in [0.15, 0.2) is 61.3 Å². The molecule has 2 aromatic carbocycles. The lowest BCUT2D eigenvalue weighted by Crippen LogP contribution is -2.53. The van der Waals surface area contributed by atoms with E-state index in [-0.39, 0.29) is 17.8 Å². The summed E-state index contributed by atoms with van der Waals surface area (Å²) >= 11 is 0. The van der Waals surface area contributed by atoms with E-state index in [1.165, 1.54) is 6.33 Å². The van der Waals surface area contributed by atoms with Gasteiger partial charge >= 0.3 is 6.09 Å². The highest BCUT2D eigenvalue weighted by Crippen LogP contribution is 2.39. The smallest absolute Gasteiger partial charge is 0.408 e. The lowest BCUT2D eigenvalue weighted by Gasteiger charge is -2.37. The minimum absolute atomic E-state index is 0.228. The summed E-state index contributed by atoms with van der Waals surface area (Å²) in [4.78, 5) is 25.6. The van der Waals surface area contributed by atoms with E-state index in [0.717, 1.165) is 24.0 Å². The van der Waals surface area contributed by atoms with E-state index in [2.05, 4.69) is 30.7 Å². The first-order valence-electron chi connectivity index (χ1n) is 13.4. The Labute approximate surface area is 235 Å². The summed E-state index contributed by atoms with van der Waals surface area (Å²) in [6.45, 7) is 5.46. The van der Waals surface area contributed by atoms with Crippen LogP contribution in [0.3, 0.4) is 0 Å². The number of rotatable bonds is 6. The normalized spacial score (nSPS) is 16.8. The Kier molecular flexibility index (Phi) is 6.64. The molecule has 3 heterocycles. The van der Waals surface area contributed by atoms with Gasteiger partial charge in [0, 0.05) is 30.4 Å². The largest absolute Gasteiger partial charge is 0.487 e. The number of aromatic nitrogens is 5. The number of aryl methyl sites for hydroxylation is 1. The molecule has 210 valence electrons. The second kappa shape index (κ2) is 10.3. The maximum atomic E-state index is 15.5. The summed E-state index contributed by atoms with van der Waals surface area (Å²) in [5, 5.41) is 11.4. The molecule has 5 aromatic rings. The Morgan fingerprint density at radius 2 is 1.93 bits per heavy atom. The number of pyridine rings is 1. The number of nitrogens with one attached hydrogen (secondary N) is 2. The lowest BCUT2D eigenvalue weighted by molar-refractivity contribution is 0.0297. The Hall–Kier alpha value is -4.80. The third kappa shape index (κ3) is 5.47. The average Bonchev–Trinajstić information content (AvgIpc) is 3.36. The number of hydrogen-bond donors (Lipinski definition) is 2. The van der Waals surface area contributed by atoms with Crippen LogP contribution in [0, 0.1) is 5.82 Å². The molecule has 0 bridgehead atoms. The third-order valence-corrected chi connectivity index (χ3v) is 6.90.